The van der Waals surface area contributed by atoms with E-state index in [1.807, 2.05) is 0 Å². The predicted molar refractivity (Wildman–Crippen MR) is 88.3 cm³/mol. The third kappa shape index (κ3) is 5.91. The van der Waals surface area contributed by atoms with Crippen molar-refractivity contribution in [3.05, 3.63) is 23.4 Å². The van der Waals surface area contributed by atoms with Crippen LogP contribution in [0, 0.1) is 0 Å². The fraction of sp³-hybridized carbons (Fsp3) is 0.706. The Labute approximate surface area is 124 Å². The standard InChI is InChI=1S/C17H31N3/c1-12(2)18-11-13-9-14(16(3,4)5)19-15(10-13)20-17(6,7)8/h9-10,12,18H,11H2,1-8H3,(H,19,20). The van der Waals surface area contributed by atoms with Gasteiger partial charge >= 0.3 is 0 Å². The highest BCUT2D eigenvalue weighted by Crippen LogP contribution is 2.24. The van der Waals surface area contributed by atoms with E-state index in [4.69, 9.17) is 4.98 Å². The Kier molecular flexibility index (Phi) is 5.20. The SMILES string of the molecule is CC(C)NCc1cc(NC(C)(C)C)nc(C(C)(C)C)c1. The first-order valence-corrected chi connectivity index (χ1v) is 7.50. The van der Waals surface area contributed by atoms with Crippen molar-refractivity contribution in [2.24, 2.45) is 0 Å². The molecule has 0 saturated heterocycles. The highest BCUT2D eigenvalue weighted by molar-refractivity contribution is 5.43. The Morgan fingerprint density at radius 2 is 1.65 bits per heavy atom. The molecule has 0 aliphatic rings. The third-order valence-electron chi connectivity index (χ3n) is 2.87. The fourth-order valence-electron chi connectivity index (χ4n) is 1.84. The molecule has 1 heterocycles. The van der Waals surface area contributed by atoms with Crippen LogP contribution < -0.4 is 10.6 Å². The van der Waals surface area contributed by atoms with Gasteiger partial charge in [0.2, 0.25) is 0 Å². The smallest absolute Gasteiger partial charge is 0.126 e. The summed E-state index contributed by atoms with van der Waals surface area (Å²) in [6, 6.07) is 4.85. The minimum atomic E-state index is 0.0201. The molecule has 0 aliphatic carbocycles. The molecule has 1 aromatic rings. The van der Waals surface area contributed by atoms with Gasteiger partial charge in [0.1, 0.15) is 5.82 Å². The van der Waals surface area contributed by atoms with Crippen molar-refractivity contribution >= 4 is 5.82 Å². The van der Waals surface area contributed by atoms with E-state index >= 15 is 0 Å². The minimum Gasteiger partial charge on any atom is -0.365 e. The van der Waals surface area contributed by atoms with E-state index < -0.39 is 0 Å². The lowest BCUT2D eigenvalue weighted by molar-refractivity contribution is 0.558. The van der Waals surface area contributed by atoms with Gasteiger partial charge in [-0.25, -0.2) is 4.98 Å². The molecule has 20 heavy (non-hydrogen) atoms. The molecule has 0 aliphatic heterocycles. The average molecular weight is 277 g/mol. The number of anilines is 1. The van der Waals surface area contributed by atoms with Crippen LogP contribution in [0.1, 0.15) is 66.6 Å². The van der Waals surface area contributed by atoms with E-state index in [0.717, 1.165) is 18.1 Å². The molecular weight excluding hydrogens is 246 g/mol. The van der Waals surface area contributed by atoms with Crippen LogP contribution in [-0.4, -0.2) is 16.6 Å². The topological polar surface area (TPSA) is 37.0 Å². The summed E-state index contributed by atoms with van der Waals surface area (Å²) in [6.07, 6.45) is 0. The second-order valence-electron chi connectivity index (χ2n) is 7.91. The highest BCUT2D eigenvalue weighted by Gasteiger charge is 2.19. The minimum absolute atomic E-state index is 0.0201. The molecule has 3 nitrogen and oxygen atoms in total. The summed E-state index contributed by atoms with van der Waals surface area (Å²) in [7, 11) is 0. The summed E-state index contributed by atoms with van der Waals surface area (Å²) in [5.74, 6) is 0.963. The van der Waals surface area contributed by atoms with E-state index in [1.165, 1.54) is 5.56 Å². The van der Waals surface area contributed by atoms with E-state index in [0.29, 0.717) is 6.04 Å². The van der Waals surface area contributed by atoms with Crippen LogP contribution in [0.5, 0.6) is 0 Å². The maximum atomic E-state index is 4.78. The maximum Gasteiger partial charge on any atom is 0.126 e. The van der Waals surface area contributed by atoms with Crippen molar-refractivity contribution in [2.45, 2.75) is 78.9 Å². The summed E-state index contributed by atoms with van der Waals surface area (Å²) >= 11 is 0. The maximum absolute atomic E-state index is 4.78. The molecule has 2 N–H and O–H groups in total. The second kappa shape index (κ2) is 6.13. The van der Waals surface area contributed by atoms with Gasteiger partial charge in [0.25, 0.3) is 0 Å². The van der Waals surface area contributed by atoms with Crippen LogP contribution in [0.4, 0.5) is 5.82 Å². The van der Waals surface area contributed by atoms with Gasteiger partial charge in [-0.15, -0.1) is 0 Å². The lowest BCUT2D eigenvalue weighted by Crippen LogP contribution is -2.28. The molecule has 0 bridgehead atoms. The van der Waals surface area contributed by atoms with E-state index in [1.54, 1.807) is 0 Å². The van der Waals surface area contributed by atoms with Crippen LogP contribution in [0.3, 0.4) is 0 Å². The van der Waals surface area contributed by atoms with Gasteiger partial charge in [-0.1, -0.05) is 34.6 Å². The van der Waals surface area contributed by atoms with Gasteiger partial charge < -0.3 is 10.6 Å². The van der Waals surface area contributed by atoms with Crippen molar-refractivity contribution in [1.82, 2.24) is 10.3 Å². The lowest BCUT2D eigenvalue weighted by atomic mass is 9.90. The first kappa shape index (κ1) is 17.0. The molecule has 0 aromatic carbocycles. The first-order chi connectivity index (χ1) is 8.97. The van der Waals surface area contributed by atoms with Crippen LogP contribution in [-0.2, 0) is 12.0 Å². The molecule has 0 radical (unpaired) electrons. The summed E-state index contributed by atoms with van der Waals surface area (Å²) in [4.78, 5) is 4.78. The number of nitrogens with zero attached hydrogens (tertiary/aromatic N) is 1. The quantitative estimate of drug-likeness (QED) is 0.870. The van der Waals surface area contributed by atoms with Crippen molar-refractivity contribution in [3.8, 4) is 0 Å². The zero-order valence-electron chi connectivity index (χ0n) is 14.4. The molecule has 0 fully saturated rings. The molecule has 0 amide bonds. The van der Waals surface area contributed by atoms with E-state index in [2.05, 4.69) is 78.2 Å². The Morgan fingerprint density at radius 3 is 2.10 bits per heavy atom. The molecular formula is C17H31N3. The average Bonchev–Trinajstić information content (AvgIpc) is 2.22. The number of nitrogens with one attached hydrogen (secondary N) is 2. The number of rotatable bonds is 4. The molecule has 0 spiro atoms. The van der Waals surface area contributed by atoms with Crippen molar-refractivity contribution in [3.63, 3.8) is 0 Å². The lowest BCUT2D eigenvalue weighted by Gasteiger charge is -2.25. The molecule has 0 saturated carbocycles. The molecule has 114 valence electrons. The summed E-state index contributed by atoms with van der Waals surface area (Å²) in [5.41, 5.74) is 2.49. The summed E-state index contributed by atoms with van der Waals surface area (Å²) < 4.78 is 0. The van der Waals surface area contributed by atoms with Crippen molar-refractivity contribution in [1.29, 1.82) is 0 Å². The number of aromatic nitrogens is 1. The first-order valence-electron chi connectivity index (χ1n) is 7.50. The van der Waals surface area contributed by atoms with Crippen LogP contribution >= 0.6 is 0 Å². The largest absolute Gasteiger partial charge is 0.365 e. The second-order valence-corrected chi connectivity index (χ2v) is 7.91. The highest BCUT2D eigenvalue weighted by atomic mass is 15.0. The molecule has 0 atom stereocenters. The van der Waals surface area contributed by atoms with Gasteiger partial charge in [0.15, 0.2) is 0 Å². The Morgan fingerprint density at radius 1 is 1.05 bits per heavy atom. The predicted octanol–water partition coefficient (Wildman–Crippen LogP) is 4.09. The zero-order valence-corrected chi connectivity index (χ0v) is 14.4. The van der Waals surface area contributed by atoms with Gasteiger partial charge in [0.05, 0.1) is 0 Å². The van der Waals surface area contributed by atoms with E-state index in [9.17, 15) is 0 Å². The molecule has 0 unspecified atom stereocenters. The molecule has 3 heteroatoms. The van der Waals surface area contributed by atoms with Gasteiger partial charge in [0, 0.05) is 29.2 Å². The Balaban J connectivity index is 3.08. The van der Waals surface area contributed by atoms with Crippen molar-refractivity contribution < 1.29 is 0 Å². The summed E-state index contributed by atoms with van der Waals surface area (Å²) in [6.45, 7) is 18.3. The van der Waals surface area contributed by atoms with Crippen LogP contribution in [0.2, 0.25) is 0 Å². The number of hydrogen-bond donors (Lipinski definition) is 2. The third-order valence-corrected chi connectivity index (χ3v) is 2.87. The van der Waals surface area contributed by atoms with Gasteiger partial charge in [-0.05, 0) is 38.5 Å². The number of hydrogen-bond acceptors (Lipinski definition) is 3. The van der Waals surface area contributed by atoms with Crippen LogP contribution in [0.25, 0.3) is 0 Å². The molecule has 1 aromatic heterocycles. The Bertz CT molecular complexity index is 437. The molecule has 1 rings (SSSR count). The Hall–Kier alpha value is -1.09. The van der Waals surface area contributed by atoms with Crippen molar-refractivity contribution in [2.75, 3.05) is 5.32 Å². The van der Waals surface area contributed by atoms with E-state index in [-0.39, 0.29) is 11.0 Å². The van der Waals surface area contributed by atoms with Crippen LogP contribution in [0.15, 0.2) is 12.1 Å². The van der Waals surface area contributed by atoms with Gasteiger partial charge in [-0.3, -0.25) is 0 Å². The summed E-state index contributed by atoms with van der Waals surface area (Å²) in [5, 5.41) is 6.96. The van der Waals surface area contributed by atoms with Gasteiger partial charge in [-0.2, -0.15) is 0 Å². The normalized spacial score (nSPS) is 12.8. The monoisotopic (exact) mass is 277 g/mol. The number of pyridine rings is 1. The zero-order chi connectivity index (χ0) is 15.6. The fourth-order valence-corrected chi connectivity index (χ4v) is 1.84.